The van der Waals surface area contributed by atoms with Crippen molar-refractivity contribution in [2.24, 2.45) is 0 Å². The molecule has 0 aliphatic rings. The Kier molecular flexibility index (Phi) is 5.61. The van der Waals surface area contributed by atoms with E-state index in [1.54, 1.807) is 38.1 Å². The van der Waals surface area contributed by atoms with E-state index in [-0.39, 0.29) is 5.75 Å². The minimum Gasteiger partial charge on any atom is -0.360 e. The Morgan fingerprint density at radius 2 is 2.05 bits per heavy atom. The summed E-state index contributed by atoms with van der Waals surface area (Å²) < 4.78 is 17.2. The van der Waals surface area contributed by atoms with E-state index in [1.807, 2.05) is 0 Å². The van der Waals surface area contributed by atoms with E-state index in [0.717, 1.165) is 0 Å². The quantitative estimate of drug-likeness (QED) is 0.884. The molecule has 5 nitrogen and oxygen atoms in total. The van der Waals surface area contributed by atoms with E-state index >= 15 is 0 Å². The molecule has 0 radical (unpaired) electrons. The Bertz CT molecular complexity index is 698. The average molecular weight is 361 g/mol. The van der Waals surface area contributed by atoms with Gasteiger partial charge in [0, 0.05) is 32.5 Å². The van der Waals surface area contributed by atoms with Crippen LogP contribution in [0.3, 0.4) is 0 Å². The van der Waals surface area contributed by atoms with Gasteiger partial charge in [0.15, 0.2) is 5.82 Å². The molecular formula is C14H14Cl2N2O3S. The molecule has 2 aromatic rings. The summed E-state index contributed by atoms with van der Waals surface area (Å²) in [7, 11) is -1.47. The standard InChI is InChI=1S/C14H14Cl2N2O3S/c1-8-6-13(18-21-8)17-14(19)9(2)22(20)7-10-11(15)4-3-5-12(10)16/h3-6,9H,7H2,1-2H3,(H,17,18,19)/t9-,22+/m0/s1. The number of hydrogen-bond acceptors (Lipinski definition) is 4. The summed E-state index contributed by atoms with van der Waals surface area (Å²) in [5.41, 5.74) is 0.570. The number of amides is 1. The number of anilines is 1. The fourth-order valence-electron chi connectivity index (χ4n) is 1.71. The van der Waals surface area contributed by atoms with Gasteiger partial charge in [0.05, 0.1) is 5.75 Å². The van der Waals surface area contributed by atoms with Crippen LogP contribution in [0.1, 0.15) is 18.2 Å². The lowest BCUT2D eigenvalue weighted by atomic mass is 10.2. The molecule has 118 valence electrons. The Morgan fingerprint density at radius 3 is 2.59 bits per heavy atom. The number of aromatic nitrogens is 1. The van der Waals surface area contributed by atoms with Crippen molar-refractivity contribution < 1.29 is 13.5 Å². The van der Waals surface area contributed by atoms with Crippen molar-refractivity contribution in [2.45, 2.75) is 24.9 Å². The van der Waals surface area contributed by atoms with E-state index < -0.39 is 22.0 Å². The zero-order valence-electron chi connectivity index (χ0n) is 11.9. The largest absolute Gasteiger partial charge is 0.360 e. The van der Waals surface area contributed by atoms with Gasteiger partial charge >= 0.3 is 0 Å². The van der Waals surface area contributed by atoms with Crippen molar-refractivity contribution in [1.82, 2.24) is 5.16 Å². The maximum absolute atomic E-state index is 12.3. The van der Waals surface area contributed by atoms with Crippen molar-refractivity contribution in [1.29, 1.82) is 0 Å². The number of hydrogen-bond donors (Lipinski definition) is 1. The number of carbonyl (C=O) groups is 1. The van der Waals surface area contributed by atoms with Gasteiger partial charge in [-0.1, -0.05) is 34.4 Å². The molecule has 8 heteroatoms. The van der Waals surface area contributed by atoms with Crippen LogP contribution in [0.15, 0.2) is 28.8 Å². The van der Waals surface area contributed by atoms with Gasteiger partial charge < -0.3 is 9.84 Å². The van der Waals surface area contributed by atoms with Crippen molar-refractivity contribution in [3.05, 3.63) is 45.6 Å². The summed E-state index contributed by atoms with van der Waals surface area (Å²) >= 11 is 12.1. The molecule has 1 amide bonds. The third kappa shape index (κ3) is 4.09. The monoisotopic (exact) mass is 360 g/mol. The maximum atomic E-state index is 12.3. The highest BCUT2D eigenvalue weighted by Crippen LogP contribution is 2.26. The predicted molar refractivity (Wildman–Crippen MR) is 87.6 cm³/mol. The van der Waals surface area contributed by atoms with Crippen LogP contribution in [0.4, 0.5) is 5.82 Å². The molecule has 1 heterocycles. The van der Waals surface area contributed by atoms with Gasteiger partial charge in [0.2, 0.25) is 5.91 Å². The number of nitrogens with one attached hydrogen (secondary N) is 1. The Hall–Kier alpha value is -1.37. The topological polar surface area (TPSA) is 72.2 Å². The lowest BCUT2D eigenvalue weighted by Gasteiger charge is -2.12. The van der Waals surface area contributed by atoms with E-state index in [2.05, 4.69) is 10.5 Å². The molecule has 0 aliphatic heterocycles. The van der Waals surface area contributed by atoms with Crippen molar-refractivity contribution in [3.8, 4) is 0 Å². The van der Waals surface area contributed by atoms with Gasteiger partial charge in [0.25, 0.3) is 0 Å². The second kappa shape index (κ2) is 7.26. The first-order chi connectivity index (χ1) is 10.4. The summed E-state index contributed by atoms with van der Waals surface area (Å²) in [4.78, 5) is 12.1. The average Bonchev–Trinajstić information content (AvgIpc) is 2.87. The van der Waals surface area contributed by atoms with Gasteiger partial charge in [-0.05, 0) is 26.0 Å². The van der Waals surface area contributed by atoms with Gasteiger partial charge in [-0.2, -0.15) is 0 Å². The fourth-order valence-corrected chi connectivity index (χ4v) is 3.54. The Morgan fingerprint density at radius 1 is 1.41 bits per heavy atom. The molecule has 1 aromatic heterocycles. The second-order valence-electron chi connectivity index (χ2n) is 4.68. The normalized spacial score (nSPS) is 13.6. The van der Waals surface area contributed by atoms with Gasteiger partial charge in [-0.15, -0.1) is 0 Å². The molecular weight excluding hydrogens is 347 g/mol. The zero-order valence-corrected chi connectivity index (χ0v) is 14.3. The molecule has 0 fully saturated rings. The van der Waals surface area contributed by atoms with Gasteiger partial charge in [-0.3, -0.25) is 9.00 Å². The van der Waals surface area contributed by atoms with Crippen molar-refractivity contribution in [2.75, 3.05) is 5.32 Å². The Balaban J connectivity index is 2.04. The number of nitrogens with zero attached hydrogens (tertiary/aromatic N) is 1. The van der Waals surface area contributed by atoms with Crippen LogP contribution >= 0.6 is 23.2 Å². The molecule has 1 N–H and O–H groups in total. The van der Waals surface area contributed by atoms with Crippen LogP contribution in [0.2, 0.25) is 10.0 Å². The predicted octanol–water partition coefficient (Wildman–Crippen LogP) is 3.57. The summed E-state index contributed by atoms with van der Waals surface area (Å²) in [6.45, 7) is 3.28. The molecule has 1 aromatic carbocycles. The summed E-state index contributed by atoms with van der Waals surface area (Å²) in [5.74, 6) is 0.564. The lowest BCUT2D eigenvalue weighted by Crippen LogP contribution is -2.30. The number of halogens is 2. The molecule has 0 saturated heterocycles. The summed E-state index contributed by atoms with van der Waals surface area (Å²) in [6, 6.07) is 6.63. The molecule has 0 saturated carbocycles. The molecule has 2 rings (SSSR count). The fraction of sp³-hybridized carbons (Fsp3) is 0.286. The SMILES string of the molecule is Cc1cc(NC(=O)[C@H](C)[S@](=O)Cc2c(Cl)cccc2Cl)no1. The molecule has 0 bridgehead atoms. The van der Waals surface area contributed by atoms with E-state index in [9.17, 15) is 9.00 Å². The molecule has 2 atom stereocenters. The van der Waals surface area contributed by atoms with Crippen LogP contribution in [-0.4, -0.2) is 20.5 Å². The zero-order chi connectivity index (χ0) is 16.3. The van der Waals surface area contributed by atoms with Crippen molar-refractivity contribution >= 4 is 45.7 Å². The van der Waals surface area contributed by atoms with Gasteiger partial charge in [0.1, 0.15) is 11.0 Å². The first kappa shape index (κ1) is 17.0. The minimum absolute atomic E-state index is 0.102. The van der Waals surface area contributed by atoms with E-state index in [0.29, 0.717) is 27.2 Å². The second-order valence-corrected chi connectivity index (χ2v) is 7.25. The highest BCUT2D eigenvalue weighted by atomic mass is 35.5. The molecule has 0 spiro atoms. The first-order valence-corrected chi connectivity index (χ1v) is 8.56. The number of carbonyl (C=O) groups excluding carboxylic acids is 1. The minimum atomic E-state index is -1.47. The first-order valence-electron chi connectivity index (χ1n) is 6.42. The molecule has 0 unspecified atom stereocenters. The lowest BCUT2D eigenvalue weighted by molar-refractivity contribution is -0.115. The number of aryl methyl sites for hydroxylation is 1. The van der Waals surface area contributed by atoms with E-state index in [4.69, 9.17) is 27.7 Å². The van der Waals surface area contributed by atoms with Crippen LogP contribution < -0.4 is 5.32 Å². The molecule has 0 aliphatic carbocycles. The van der Waals surface area contributed by atoms with Crippen LogP contribution in [0, 0.1) is 6.92 Å². The smallest absolute Gasteiger partial charge is 0.241 e. The Labute approximate surface area is 140 Å². The van der Waals surface area contributed by atoms with Gasteiger partial charge in [-0.25, -0.2) is 0 Å². The van der Waals surface area contributed by atoms with Crippen molar-refractivity contribution in [3.63, 3.8) is 0 Å². The van der Waals surface area contributed by atoms with Crippen LogP contribution in [0.5, 0.6) is 0 Å². The van der Waals surface area contributed by atoms with E-state index in [1.165, 1.54) is 0 Å². The highest BCUT2D eigenvalue weighted by molar-refractivity contribution is 7.85. The maximum Gasteiger partial charge on any atom is 0.241 e. The van der Waals surface area contributed by atoms with Crippen LogP contribution in [-0.2, 0) is 21.3 Å². The third-order valence-electron chi connectivity index (χ3n) is 2.99. The summed E-state index contributed by atoms with van der Waals surface area (Å²) in [5, 5.41) is 6.33. The highest BCUT2D eigenvalue weighted by Gasteiger charge is 2.22. The third-order valence-corrected chi connectivity index (χ3v) is 5.28. The van der Waals surface area contributed by atoms with Crippen LogP contribution in [0.25, 0.3) is 0 Å². The summed E-state index contributed by atoms with van der Waals surface area (Å²) in [6.07, 6.45) is 0. The number of rotatable bonds is 5. The number of benzene rings is 1. The molecule has 22 heavy (non-hydrogen) atoms.